The second kappa shape index (κ2) is 4.59. The van der Waals surface area contributed by atoms with Crippen molar-refractivity contribution in [3.63, 3.8) is 0 Å². The number of fused-ring (bicyclic) bond motifs is 4. The van der Waals surface area contributed by atoms with Gasteiger partial charge in [0.15, 0.2) is 0 Å². The summed E-state index contributed by atoms with van der Waals surface area (Å²) in [6, 6.07) is 18.0. The van der Waals surface area contributed by atoms with Crippen LogP contribution in [-0.2, 0) is 10.8 Å². The number of pyridine rings is 1. The van der Waals surface area contributed by atoms with Crippen LogP contribution in [0.4, 0.5) is 0 Å². The van der Waals surface area contributed by atoms with Crippen molar-refractivity contribution >= 4 is 43.2 Å². The second-order valence-electron chi connectivity index (χ2n) is 9.62. The maximum absolute atomic E-state index is 4.94. The van der Waals surface area contributed by atoms with Crippen molar-refractivity contribution < 1.29 is 0 Å². The normalized spacial score (nSPS) is 18.1. The molecule has 0 N–H and O–H groups in total. The zero-order valence-corrected chi connectivity index (χ0v) is 16.4. The monoisotopic (exact) mass is 349 g/mol. The number of hydrogen-bond donors (Lipinski definition) is 0. The van der Waals surface area contributed by atoms with E-state index in [9.17, 15) is 0 Å². The van der Waals surface area contributed by atoms with Gasteiger partial charge in [-0.1, -0.05) is 70.2 Å². The molecule has 1 nitrogen and oxygen atoms in total. The minimum absolute atomic E-state index is 0.156. The Hall–Kier alpha value is -2.67. The molecule has 1 aromatic heterocycles. The van der Waals surface area contributed by atoms with Crippen molar-refractivity contribution in [2.75, 3.05) is 0 Å². The van der Waals surface area contributed by atoms with Gasteiger partial charge in [-0.25, -0.2) is 0 Å². The lowest BCUT2D eigenvalue weighted by Crippen LogP contribution is -2.18. The molecule has 1 heterocycles. The number of benzene rings is 4. The fourth-order valence-electron chi connectivity index (χ4n) is 6.00. The Bertz CT molecular complexity index is 1370. The van der Waals surface area contributed by atoms with E-state index in [0.717, 1.165) is 11.9 Å². The first-order valence-electron chi connectivity index (χ1n) is 9.87. The van der Waals surface area contributed by atoms with Crippen molar-refractivity contribution in [3.05, 3.63) is 65.9 Å². The van der Waals surface area contributed by atoms with Gasteiger partial charge in [0.1, 0.15) is 0 Å². The van der Waals surface area contributed by atoms with Crippen LogP contribution >= 0.6 is 0 Å². The summed E-state index contributed by atoms with van der Waals surface area (Å²) in [5.74, 6) is 0. The smallest absolute Gasteiger partial charge is 0.0717 e. The third-order valence-corrected chi connectivity index (χ3v) is 6.77. The summed E-state index contributed by atoms with van der Waals surface area (Å²) in [5.41, 5.74) is 4.39. The van der Waals surface area contributed by atoms with Crippen LogP contribution in [0.25, 0.3) is 43.2 Å². The van der Waals surface area contributed by atoms with E-state index in [1.54, 1.807) is 0 Å². The first-order valence-corrected chi connectivity index (χ1v) is 9.87. The maximum Gasteiger partial charge on any atom is 0.0717 e. The van der Waals surface area contributed by atoms with Gasteiger partial charge in [-0.05, 0) is 66.8 Å². The molecule has 1 heteroatoms. The highest BCUT2D eigenvalue weighted by atomic mass is 14.7. The van der Waals surface area contributed by atoms with E-state index in [-0.39, 0.29) is 10.8 Å². The zero-order valence-electron chi connectivity index (χ0n) is 16.4. The molecule has 0 atom stereocenters. The van der Waals surface area contributed by atoms with Gasteiger partial charge in [0.05, 0.1) is 5.52 Å². The summed E-state index contributed by atoms with van der Waals surface area (Å²) in [6.07, 6.45) is 3.31. The van der Waals surface area contributed by atoms with Crippen molar-refractivity contribution in [2.24, 2.45) is 0 Å². The van der Waals surface area contributed by atoms with Crippen molar-refractivity contribution in [1.82, 2.24) is 4.98 Å². The predicted octanol–water partition coefficient (Wildman–Crippen LogP) is 7.09. The summed E-state index contributed by atoms with van der Waals surface area (Å²) >= 11 is 0. The molecule has 0 radical (unpaired) electrons. The molecule has 27 heavy (non-hydrogen) atoms. The van der Waals surface area contributed by atoms with Crippen LogP contribution in [0.3, 0.4) is 0 Å². The Morgan fingerprint density at radius 2 is 1.44 bits per heavy atom. The third-order valence-electron chi connectivity index (χ3n) is 6.77. The molecule has 0 saturated heterocycles. The largest absolute Gasteiger partial charge is 0.256 e. The van der Waals surface area contributed by atoms with Crippen molar-refractivity contribution in [3.8, 4) is 0 Å². The molecule has 4 aromatic carbocycles. The van der Waals surface area contributed by atoms with E-state index in [4.69, 9.17) is 4.98 Å². The molecule has 0 bridgehead atoms. The lowest BCUT2D eigenvalue weighted by Gasteiger charge is -2.23. The first-order chi connectivity index (χ1) is 12.9. The molecule has 0 spiro atoms. The van der Waals surface area contributed by atoms with E-state index < -0.39 is 0 Å². The fourth-order valence-corrected chi connectivity index (χ4v) is 6.00. The molecule has 0 saturated carbocycles. The van der Waals surface area contributed by atoms with Gasteiger partial charge in [-0.3, -0.25) is 4.98 Å². The summed E-state index contributed by atoms with van der Waals surface area (Å²) in [6.45, 7) is 9.53. The Labute approximate surface area is 159 Å². The number of rotatable bonds is 0. The fraction of sp³-hybridized carbons (Fsp3) is 0.269. The van der Waals surface area contributed by atoms with Crippen LogP contribution in [0, 0.1) is 0 Å². The van der Waals surface area contributed by atoms with E-state index in [1.807, 2.05) is 0 Å². The second-order valence-corrected chi connectivity index (χ2v) is 9.62. The average Bonchev–Trinajstić information content (AvgIpc) is 2.83. The topological polar surface area (TPSA) is 12.9 Å². The Kier molecular flexibility index (Phi) is 2.62. The molecule has 6 rings (SSSR count). The minimum atomic E-state index is 0.156. The number of aromatic nitrogens is 1. The Balaban J connectivity index is 1.93. The minimum Gasteiger partial charge on any atom is -0.256 e. The SMILES string of the molecule is CC1(C)CC(C)(C)c2c1cnc1cc3ccc4cccc5ccc(c21)c3c45. The van der Waals surface area contributed by atoms with Crippen LogP contribution < -0.4 is 0 Å². The van der Waals surface area contributed by atoms with Gasteiger partial charge < -0.3 is 0 Å². The van der Waals surface area contributed by atoms with Gasteiger partial charge in [0.25, 0.3) is 0 Å². The summed E-state index contributed by atoms with van der Waals surface area (Å²) in [5, 5.41) is 9.46. The standard InChI is InChI=1S/C26H23N/c1-25(2)14-26(3,4)24-19(25)13-27-20-12-17-9-8-15-6-5-7-16-10-11-18(23(20)24)22(17)21(15)16/h5-13H,14H2,1-4H3. The molecule has 0 fully saturated rings. The van der Waals surface area contributed by atoms with Crippen LogP contribution in [-0.4, -0.2) is 4.98 Å². The van der Waals surface area contributed by atoms with Crippen LogP contribution in [0.1, 0.15) is 45.2 Å². The molecular weight excluding hydrogens is 326 g/mol. The molecule has 0 amide bonds. The molecule has 0 aliphatic heterocycles. The zero-order chi connectivity index (χ0) is 18.6. The van der Waals surface area contributed by atoms with Gasteiger partial charge in [0.2, 0.25) is 0 Å². The van der Waals surface area contributed by atoms with Crippen LogP contribution in [0.5, 0.6) is 0 Å². The molecule has 5 aromatic rings. The van der Waals surface area contributed by atoms with E-state index in [1.165, 1.54) is 48.8 Å². The molecule has 132 valence electrons. The Morgan fingerprint density at radius 3 is 2.22 bits per heavy atom. The predicted molar refractivity (Wildman–Crippen MR) is 116 cm³/mol. The first kappa shape index (κ1) is 15.4. The van der Waals surface area contributed by atoms with E-state index in [0.29, 0.717) is 0 Å². The number of nitrogens with zero attached hydrogens (tertiary/aromatic N) is 1. The molecular formula is C26H23N. The highest BCUT2D eigenvalue weighted by Crippen LogP contribution is 2.53. The van der Waals surface area contributed by atoms with Gasteiger partial charge in [-0.15, -0.1) is 0 Å². The summed E-state index contributed by atoms with van der Waals surface area (Å²) in [4.78, 5) is 4.94. The lowest BCUT2D eigenvalue weighted by atomic mass is 9.80. The molecule has 0 unspecified atom stereocenters. The Morgan fingerprint density at radius 1 is 0.741 bits per heavy atom. The summed E-state index contributed by atoms with van der Waals surface area (Å²) < 4.78 is 0. The van der Waals surface area contributed by atoms with Gasteiger partial charge in [0, 0.05) is 11.6 Å². The van der Waals surface area contributed by atoms with E-state index >= 15 is 0 Å². The molecule has 1 aliphatic rings. The van der Waals surface area contributed by atoms with Crippen molar-refractivity contribution in [2.45, 2.75) is 44.9 Å². The highest BCUT2D eigenvalue weighted by molar-refractivity contribution is 6.29. The highest BCUT2D eigenvalue weighted by Gasteiger charge is 2.43. The average molecular weight is 349 g/mol. The number of hydrogen-bond acceptors (Lipinski definition) is 1. The van der Waals surface area contributed by atoms with Crippen LogP contribution in [0.15, 0.2) is 54.7 Å². The third kappa shape index (κ3) is 1.82. The maximum atomic E-state index is 4.94. The van der Waals surface area contributed by atoms with Crippen molar-refractivity contribution in [1.29, 1.82) is 0 Å². The van der Waals surface area contributed by atoms with Gasteiger partial charge in [-0.2, -0.15) is 0 Å². The lowest BCUT2D eigenvalue weighted by molar-refractivity contribution is 0.404. The summed E-state index contributed by atoms with van der Waals surface area (Å²) in [7, 11) is 0. The van der Waals surface area contributed by atoms with E-state index in [2.05, 4.69) is 82.4 Å². The van der Waals surface area contributed by atoms with Crippen LogP contribution in [0.2, 0.25) is 0 Å². The molecule has 1 aliphatic carbocycles. The van der Waals surface area contributed by atoms with Gasteiger partial charge >= 0.3 is 0 Å². The quantitative estimate of drug-likeness (QED) is 0.215.